The minimum atomic E-state index is -0.164. The molecule has 0 bridgehead atoms. The zero-order valence-electron chi connectivity index (χ0n) is 9.75. The second kappa shape index (κ2) is 3.96. The summed E-state index contributed by atoms with van der Waals surface area (Å²) in [5.41, 5.74) is 7.01. The number of hydrogen-bond donors (Lipinski definition) is 1. The highest BCUT2D eigenvalue weighted by molar-refractivity contribution is 7.17. The Hall–Kier alpha value is -2.14. The van der Waals surface area contributed by atoms with Crippen molar-refractivity contribution >= 4 is 39.4 Å². The van der Waals surface area contributed by atoms with Crippen LogP contribution in [0.4, 0.5) is 0 Å². The Morgan fingerprint density at radius 2 is 2.17 bits per heavy atom. The third-order valence-corrected chi connectivity index (χ3v) is 3.89. The first-order valence-electron chi connectivity index (χ1n) is 5.47. The van der Waals surface area contributed by atoms with Crippen LogP contribution >= 0.6 is 11.3 Å². The first-order valence-corrected chi connectivity index (χ1v) is 6.35. The van der Waals surface area contributed by atoms with E-state index < -0.39 is 0 Å². The van der Waals surface area contributed by atoms with Crippen LogP contribution in [0.15, 0.2) is 40.3 Å². The van der Waals surface area contributed by atoms with Crippen molar-refractivity contribution in [2.75, 3.05) is 7.05 Å². The number of rotatable bonds is 1. The van der Waals surface area contributed by atoms with Gasteiger partial charge in [0.15, 0.2) is 0 Å². The number of fused-ring (bicyclic) bond motifs is 1. The predicted octanol–water partition coefficient (Wildman–Crippen LogP) is 2.03. The van der Waals surface area contributed by atoms with Gasteiger partial charge in [0.05, 0.1) is 0 Å². The van der Waals surface area contributed by atoms with E-state index in [-0.39, 0.29) is 11.9 Å². The number of carbonyl (C=O) groups excluding carboxylic acids is 1. The summed E-state index contributed by atoms with van der Waals surface area (Å²) in [7, 11) is 1.62. The van der Waals surface area contributed by atoms with E-state index >= 15 is 0 Å². The molecule has 0 aliphatic carbocycles. The van der Waals surface area contributed by atoms with Gasteiger partial charge in [0, 0.05) is 11.7 Å². The fraction of sp³-hybridized carbons (Fsp3) is 0.0769. The van der Waals surface area contributed by atoms with E-state index in [4.69, 9.17) is 5.73 Å². The lowest BCUT2D eigenvalue weighted by atomic mass is 10.1. The number of likely N-dealkylation sites (N-methyl/N-ethyl adjacent to an activating group) is 1. The summed E-state index contributed by atoms with van der Waals surface area (Å²) in [5.74, 6) is 0.0774. The van der Waals surface area contributed by atoms with Crippen molar-refractivity contribution in [1.82, 2.24) is 4.90 Å². The molecule has 0 atom stereocenters. The summed E-state index contributed by atoms with van der Waals surface area (Å²) in [6.07, 6.45) is 1.79. The topological polar surface area (TPSA) is 58.7 Å². The van der Waals surface area contributed by atoms with E-state index in [1.807, 2.05) is 23.6 Å². The fourth-order valence-electron chi connectivity index (χ4n) is 1.87. The van der Waals surface area contributed by atoms with Crippen molar-refractivity contribution in [3.8, 4) is 0 Å². The zero-order valence-corrected chi connectivity index (χ0v) is 10.6. The Morgan fingerprint density at radius 3 is 2.89 bits per heavy atom. The highest BCUT2D eigenvalue weighted by Crippen LogP contribution is 2.28. The Kier molecular flexibility index (Phi) is 2.41. The Morgan fingerprint density at radius 1 is 1.39 bits per heavy atom. The van der Waals surface area contributed by atoms with Crippen LogP contribution in [0.5, 0.6) is 0 Å². The summed E-state index contributed by atoms with van der Waals surface area (Å²) in [6, 6.07) is 8.08. The average molecular weight is 257 g/mol. The molecule has 90 valence electrons. The number of hydrogen-bond acceptors (Lipinski definition) is 4. The summed E-state index contributed by atoms with van der Waals surface area (Å²) in [5, 5.41) is 3.15. The molecule has 1 aliphatic rings. The van der Waals surface area contributed by atoms with Crippen LogP contribution in [0.2, 0.25) is 0 Å². The third kappa shape index (κ3) is 1.60. The largest absolute Gasteiger partial charge is 0.369 e. The van der Waals surface area contributed by atoms with Crippen LogP contribution < -0.4 is 5.73 Å². The van der Waals surface area contributed by atoms with Crippen LogP contribution in [0, 0.1) is 0 Å². The summed E-state index contributed by atoms with van der Waals surface area (Å²) < 4.78 is 1.19. The lowest BCUT2D eigenvalue weighted by Crippen LogP contribution is -2.33. The first kappa shape index (κ1) is 11.0. The van der Waals surface area contributed by atoms with E-state index in [9.17, 15) is 4.79 Å². The molecule has 3 rings (SSSR count). The Bertz CT molecular complexity index is 699. The van der Waals surface area contributed by atoms with Gasteiger partial charge >= 0.3 is 0 Å². The number of carbonyl (C=O) groups is 1. The molecule has 0 unspecified atom stereocenters. The molecule has 0 radical (unpaired) electrons. The fourth-order valence-corrected chi connectivity index (χ4v) is 2.79. The van der Waals surface area contributed by atoms with E-state index in [2.05, 4.69) is 11.1 Å². The number of thiophene rings is 1. The Balaban J connectivity index is 2.10. The third-order valence-electron chi connectivity index (χ3n) is 2.91. The molecular formula is C13H11N3OS. The molecule has 2 aromatic rings. The maximum atomic E-state index is 11.8. The van der Waals surface area contributed by atoms with Crippen molar-refractivity contribution in [2.24, 2.45) is 10.7 Å². The maximum Gasteiger partial charge on any atom is 0.279 e. The molecule has 4 nitrogen and oxygen atoms in total. The van der Waals surface area contributed by atoms with Crippen molar-refractivity contribution in [2.45, 2.75) is 0 Å². The molecule has 2 N–H and O–H groups in total. The predicted molar refractivity (Wildman–Crippen MR) is 74.2 cm³/mol. The molecule has 5 heteroatoms. The van der Waals surface area contributed by atoms with E-state index in [0.29, 0.717) is 5.70 Å². The van der Waals surface area contributed by atoms with Gasteiger partial charge in [0.1, 0.15) is 5.70 Å². The van der Waals surface area contributed by atoms with Gasteiger partial charge in [-0.1, -0.05) is 18.2 Å². The minimum absolute atomic E-state index is 0.164. The van der Waals surface area contributed by atoms with Gasteiger partial charge in [-0.2, -0.15) is 0 Å². The first-order chi connectivity index (χ1) is 8.66. The number of aliphatic imine (C=N–C) groups is 1. The Labute approximate surface area is 108 Å². The second-order valence-corrected chi connectivity index (χ2v) is 4.96. The summed E-state index contributed by atoms with van der Waals surface area (Å²) in [6.45, 7) is 0. The molecule has 0 saturated heterocycles. The van der Waals surface area contributed by atoms with Crippen LogP contribution in [-0.2, 0) is 4.79 Å². The average Bonchev–Trinajstić information content (AvgIpc) is 2.89. The van der Waals surface area contributed by atoms with Gasteiger partial charge in [-0.3, -0.25) is 9.69 Å². The molecule has 1 aromatic carbocycles. The van der Waals surface area contributed by atoms with Crippen LogP contribution in [0.3, 0.4) is 0 Å². The lowest BCUT2D eigenvalue weighted by molar-refractivity contribution is -0.121. The van der Waals surface area contributed by atoms with Gasteiger partial charge in [-0.05, 0) is 28.5 Å². The highest BCUT2D eigenvalue weighted by Gasteiger charge is 2.24. The van der Waals surface area contributed by atoms with Crippen molar-refractivity contribution < 1.29 is 4.79 Å². The standard InChI is InChI=1S/C13H11N3OS/c1-16-12(17)10(15-13(16)14)6-8-7-18-11-5-3-2-4-9(8)11/h2-7H,1H3,(H2,14,15). The number of nitrogens with two attached hydrogens (primary N) is 1. The minimum Gasteiger partial charge on any atom is -0.369 e. The lowest BCUT2D eigenvalue weighted by Gasteiger charge is -2.05. The van der Waals surface area contributed by atoms with Crippen LogP contribution in [-0.4, -0.2) is 23.8 Å². The van der Waals surface area contributed by atoms with Crippen molar-refractivity contribution in [1.29, 1.82) is 0 Å². The molecular weight excluding hydrogens is 246 g/mol. The van der Waals surface area contributed by atoms with Crippen LogP contribution in [0.1, 0.15) is 5.56 Å². The quantitative estimate of drug-likeness (QED) is 0.795. The van der Waals surface area contributed by atoms with Crippen LogP contribution in [0.25, 0.3) is 16.2 Å². The number of nitrogens with zero attached hydrogens (tertiary/aromatic N) is 2. The highest BCUT2D eigenvalue weighted by atomic mass is 32.1. The van der Waals surface area contributed by atoms with Gasteiger partial charge in [0.25, 0.3) is 5.91 Å². The van der Waals surface area contributed by atoms with E-state index in [0.717, 1.165) is 10.9 Å². The molecule has 0 spiro atoms. The monoisotopic (exact) mass is 257 g/mol. The molecule has 1 amide bonds. The number of amides is 1. The summed E-state index contributed by atoms with van der Waals surface area (Å²) in [4.78, 5) is 17.3. The number of benzene rings is 1. The molecule has 2 heterocycles. The smallest absolute Gasteiger partial charge is 0.279 e. The van der Waals surface area contributed by atoms with Gasteiger partial charge in [0.2, 0.25) is 5.96 Å². The summed E-state index contributed by atoms with van der Waals surface area (Å²) >= 11 is 1.65. The maximum absolute atomic E-state index is 11.8. The van der Waals surface area contributed by atoms with E-state index in [1.54, 1.807) is 24.5 Å². The second-order valence-electron chi connectivity index (χ2n) is 4.05. The molecule has 0 fully saturated rings. The van der Waals surface area contributed by atoms with Gasteiger partial charge < -0.3 is 5.73 Å². The molecule has 18 heavy (non-hydrogen) atoms. The molecule has 1 aliphatic heterocycles. The van der Waals surface area contributed by atoms with Crippen molar-refractivity contribution in [3.05, 3.63) is 40.9 Å². The zero-order chi connectivity index (χ0) is 12.7. The van der Waals surface area contributed by atoms with Gasteiger partial charge in [-0.25, -0.2) is 4.99 Å². The molecule has 0 saturated carbocycles. The SMILES string of the molecule is CN1C(=O)C(=Cc2csc3ccccc23)N=C1N. The van der Waals surface area contributed by atoms with Crippen molar-refractivity contribution in [3.63, 3.8) is 0 Å². The normalized spacial score (nSPS) is 17.8. The van der Waals surface area contributed by atoms with Gasteiger partial charge in [-0.15, -0.1) is 11.3 Å². The number of guanidine groups is 1. The molecule has 1 aromatic heterocycles. The van der Waals surface area contributed by atoms with E-state index in [1.165, 1.54) is 9.60 Å².